The second-order valence-electron chi connectivity index (χ2n) is 5.32. The lowest BCUT2D eigenvalue weighted by atomic mass is 10.2. The molecule has 0 atom stereocenters. The number of methoxy groups -OCH3 is 1. The van der Waals surface area contributed by atoms with Crippen LogP contribution in [0.1, 0.15) is 10.4 Å². The van der Waals surface area contributed by atoms with Gasteiger partial charge in [-0.2, -0.15) is 0 Å². The second kappa shape index (κ2) is 10.4. The fourth-order valence-corrected chi connectivity index (χ4v) is 2.53. The van der Waals surface area contributed by atoms with Crippen LogP contribution in [0.15, 0.2) is 60.7 Å². The lowest BCUT2D eigenvalue weighted by Crippen LogP contribution is -2.32. The zero-order valence-corrected chi connectivity index (χ0v) is 16.1. The van der Waals surface area contributed by atoms with Crippen LogP contribution in [-0.2, 0) is 9.53 Å². The van der Waals surface area contributed by atoms with Crippen LogP contribution in [-0.4, -0.2) is 30.6 Å². The standard InChI is InChI=1S/C19H18ClN3O3S/c1-26-11-5-10-17(24)23-19(27)22-14-7-4-6-13(12-14)21-18(25)15-8-2-3-9-16(15)20/h2-10,12H,11H2,1H3,(H,21,25)(H2,22,23,24,27)/b10-5+. The molecular weight excluding hydrogens is 386 g/mol. The minimum atomic E-state index is -0.368. The predicted molar refractivity (Wildman–Crippen MR) is 111 cm³/mol. The fraction of sp³-hybridized carbons (Fsp3) is 0.105. The van der Waals surface area contributed by atoms with Crippen LogP contribution in [0.4, 0.5) is 11.4 Å². The van der Waals surface area contributed by atoms with Gasteiger partial charge in [-0.3, -0.25) is 14.9 Å². The van der Waals surface area contributed by atoms with Crippen LogP contribution in [0.3, 0.4) is 0 Å². The number of hydrogen-bond acceptors (Lipinski definition) is 4. The molecule has 3 N–H and O–H groups in total. The van der Waals surface area contributed by atoms with Crippen molar-refractivity contribution in [1.29, 1.82) is 0 Å². The summed E-state index contributed by atoms with van der Waals surface area (Å²) < 4.78 is 4.82. The summed E-state index contributed by atoms with van der Waals surface area (Å²) in [5.41, 5.74) is 1.54. The molecule has 0 bridgehead atoms. The van der Waals surface area contributed by atoms with Crippen LogP contribution in [0, 0.1) is 0 Å². The number of benzene rings is 2. The van der Waals surface area contributed by atoms with E-state index in [0.29, 0.717) is 28.6 Å². The number of anilines is 2. The SMILES string of the molecule is COC/C=C/C(=O)NC(=S)Nc1cccc(NC(=O)c2ccccc2Cl)c1. The highest BCUT2D eigenvalue weighted by molar-refractivity contribution is 7.80. The Morgan fingerprint density at radius 2 is 1.81 bits per heavy atom. The molecular formula is C19H18ClN3O3S. The maximum atomic E-state index is 12.3. The summed E-state index contributed by atoms with van der Waals surface area (Å²) in [5, 5.41) is 8.67. The summed E-state index contributed by atoms with van der Waals surface area (Å²) in [6, 6.07) is 13.7. The van der Waals surface area contributed by atoms with E-state index in [1.54, 1.807) is 54.6 Å². The molecule has 8 heteroatoms. The average molecular weight is 404 g/mol. The summed E-state index contributed by atoms with van der Waals surface area (Å²) in [6.07, 6.45) is 2.90. The number of amides is 2. The van der Waals surface area contributed by atoms with Crippen molar-refractivity contribution >= 4 is 52.1 Å². The van der Waals surface area contributed by atoms with Crippen molar-refractivity contribution in [2.45, 2.75) is 0 Å². The zero-order chi connectivity index (χ0) is 19.6. The predicted octanol–water partition coefficient (Wildman–Crippen LogP) is 3.61. The monoisotopic (exact) mass is 403 g/mol. The molecule has 0 saturated carbocycles. The normalized spacial score (nSPS) is 10.4. The highest BCUT2D eigenvalue weighted by Crippen LogP contribution is 2.19. The summed E-state index contributed by atoms with van der Waals surface area (Å²) in [5.74, 6) is -0.690. The van der Waals surface area contributed by atoms with Crippen LogP contribution in [0.25, 0.3) is 0 Å². The van der Waals surface area contributed by atoms with Gasteiger partial charge < -0.3 is 15.4 Å². The van der Waals surface area contributed by atoms with Crippen LogP contribution in [0.5, 0.6) is 0 Å². The first-order valence-corrected chi connectivity index (χ1v) is 8.71. The summed E-state index contributed by atoms with van der Waals surface area (Å²) in [4.78, 5) is 24.0. The maximum absolute atomic E-state index is 12.3. The number of thiocarbonyl (C=S) groups is 1. The van der Waals surface area contributed by atoms with Gasteiger partial charge in [-0.25, -0.2) is 0 Å². The van der Waals surface area contributed by atoms with Gasteiger partial charge in [0.05, 0.1) is 17.2 Å². The third kappa shape index (κ3) is 6.82. The van der Waals surface area contributed by atoms with Gasteiger partial charge in [0.2, 0.25) is 5.91 Å². The van der Waals surface area contributed by atoms with E-state index in [9.17, 15) is 9.59 Å². The molecule has 2 aromatic rings. The minimum Gasteiger partial charge on any atom is -0.381 e. The highest BCUT2D eigenvalue weighted by atomic mass is 35.5. The van der Waals surface area contributed by atoms with Crippen LogP contribution in [0.2, 0.25) is 5.02 Å². The first kappa shape index (κ1) is 20.6. The van der Waals surface area contributed by atoms with Gasteiger partial charge in [0, 0.05) is 24.6 Å². The summed E-state index contributed by atoms with van der Waals surface area (Å²) >= 11 is 11.1. The molecule has 0 saturated heterocycles. The van der Waals surface area contributed by atoms with Gasteiger partial charge in [-0.1, -0.05) is 35.9 Å². The van der Waals surface area contributed by atoms with Crippen molar-refractivity contribution in [3.63, 3.8) is 0 Å². The molecule has 0 aliphatic carbocycles. The van der Waals surface area contributed by atoms with Gasteiger partial charge in [0.1, 0.15) is 0 Å². The van der Waals surface area contributed by atoms with E-state index in [-0.39, 0.29) is 16.9 Å². The van der Waals surface area contributed by atoms with Crippen molar-refractivity contribution in [3.05, 3.63) is 71.3 Å². The molecule has 0 fully saturated rings. The van der Waals surface area contributed by atoms with Gasteiger partial charge in [-0.05, 0) is 42.5 Å². The second-order valence-corrected chi connectivity index (χ2v) is 6.13. The average Bonchev–Trinajstić information content (AvgIpc) is 2.62. The molecule has 0 aromatic heterocycles. The Morgan fingerprint density at radius 1 is 1.11 bits per heavy atom. The lowest BCUT2D eigenvalue weighted by molar-refractivity contribution is -0.115. The smallest absolute Gasteiger partial charge is 0.257 e. The van der Waals surface area contributed by atoms with Gasteiger partial charge in [0.25, 0.3) is 5.91 Å². The number of ether oxygens (including phenoxy) is 1. The van der Waals surface area contributed by atoms with E-state index in [1.165, 1.54) is 13.2 Å². The topological polar surface area (TPSA) is 79.5 Å². The number of rotatable bonds is 6. The van der Waals surface area contributed by atoms with E-state index >= 15 is 0 Å². The van der Waals surface area contributed by atoms with E-state index in [4.69, 9.17) is 28.6 Å². The Bertz CT molecular complexity index is 871. The molecule has 2 rings (SSSR count). The van der Waals surface area contributed by atoms with Gasteiger partial charge in [-0.15, -0.1) is 0 Å². The fourth-order valence-electron chi connectivity index (χ4n) is 2.09. The van der Waals surface area contributed by atoms with E-state index in [2.05, 4.69) is 16.0 Å². The molecule has 0 spiro atoms. The van der Waals surface area contributed by atoms with Crippen LogP contribution < -0.4 is 16.0 Å². The molecule has 2 aromatic carbocycles. The summed E-state index contributed by atoms with van der Waals surface area (Å²) in [7, 11) is 1.53. The van der Waals surface area contributed by atoms with Crippen molar-refractivity contribution < 1.29 is 14.3 Å². The molecule has 2 amide bonds. The third-order valence-corrected chi connectivity index (χ3v) is 3.80. The highest BCUT2D eigenvalue weighted by Gasteiger charge is 2.10. The summed E-state index contributed by atoms with van der Waals surface area (Å²) in [6.45, 7) is 0.334. The molecule has 0 heterocycles. The van der Waals surface area contributed by atoms with E-state index in [0.717, 1.165) is 0 Å². The van der Waals surface area contributed by atoms with Crippen molar-refractivity contribution in [3.8, 4) is 0 Å². The van der Waals surface area contributed by atoms with Crippen molar-refractivity contribution in [1.82, 2.24) is 5.32 Å². The molecule has 0 unspecified atom stereocenters. The number of carbonyl (C=O) groups is 2. The Balaban J connectivity index is 1.97. The van der Waals surface area contributed by atoms with Gasteiger partial charge >= 0.3 is 0 Å². The van der Waals surface area contributed by atoms with Crippen molar-refractivity contribution in [2.75, 3.05) is 24.4 Å². The first-order chi connectivity index (χ1) is 13.0. The molecule has 0 radical (unpaired) electrons. The minimum absolute atomic E-state index is 0.136. The molecule has 140 valence electrons. The van der Waals surface area contributed by atoms with Crippen LogP contribution >= 0.6 is 23.8 Å². The maximum Gasteiger partial charge on any atom is 0.257 e. The van der Waals surface area contributed by atoms with E-state index < -0.39 is 0 Å². The molecule has 27 heavy (non-hydrogen) atoms. The van der Waals surface area contributed by atoms with E-state index in [1.807, 2.05) is 0 Å². The Hall–Kier alpha value is -2.74. The number of nitrogens with one attached hydrogen (secondary N) is 3. The number of carbonyl (C=O) groups excluding carboxylic acids is 2. The Kier molecular flexibility index (Phi) is 7.94. The van der Waals surface area contributed by atoms with Crippen molar-refractivity contribution in [2.24, 2.45) is 0 Å². The number of halogens is 1. The molecule has 6 nitrogen and oxygen atoms in total. The largest absolute Gasteiger partial charge is 0.381 e. The van der Waals surface area contributed by atoms with Gasteiger partial charge in [0.15, 0.2) is 5.11 Å². The first-order valence-electron chi connectivity index (χ1n) is 7.93. The molecule has 0 aliphatic heterocycles. The Morgan fingerprint density at radius 3 is 2.52 bits per heavy atom. The Labute approximate surface area is 167 Å². The zero-order valence-electron chi connectivity index (χ0n) is 14.5. The third-order valence-electron chi connectivity index (χ3n) is 3.27. The quantitative estimate of drug-likeness (QED) is 0.507. The molecule has 0 aliphatic rings. The lowest BCUT2D eigenvalue weighted by Gasteiger charge is -2.11. The number of hydrogen-bond donors (Lipinski definition) is 3.